The average molecular weight is 283 g/mol. The predicted molar refractivity (Wildman–Crippen MR) is 76.3 cm³/mol. The largest absolute Gasteiger partial charge is 0.309 e. The number of benzene rings is 1. The molecule has 0 radical (unpaired) electrons. The maximum atomic E-state index is 10.8. The second-order valence-corrected chi connectivity index (χ2v) is 6.71. The number of nitrogens with one attached hydrogen (secondary N) is 1. The van der Waals surface area contributed by atoms with Crippen molar-refractivity contribution in [2.24, 2.45) is 10.8 Å². The molecule has 1 aromatic carbocycles. The van der Waals surface area contributed by atoms with Crippen molar-refractivity contribution in [1.82, 2.24) is 5.32 Å². The number of halogens is 1. The van der Waals surface area contributed by atoms with Gasteiger partial charge in [-0.1, -0.05) is 45.4 Å². The summed E-state index contributed by atoms with van der Waals surface area (Å²) in [7, 11) is 0. The molecule has 1 aliphatic rings. The molecule has 104 valence electrons. The van der Waals surface area contributed by atoms with Gasteiger partial charge in [-0.3, -0.25) is 10.1 Å². The lowest BCUT2D eigenvalue weighted by Crippen LogP contribution is -2.21. The van der Waals surface area contributed by atoms with Gasteiger partial charge in [-0.2, -0.15) is 0 Å². The number of hydrogen-bond donors (Lipinski definition) is 1. The molecule has 0 heterocycles. The molecule has 0 bridgehead atoms. The van der Waals surface area contributed by atoms with Gasteiger partial charge in [0.2, 0.25) is 0 Å². The second-order valence-electron chi connectivity index (χ2n) is 6.30. The van der Waals surface area contributed by atoms with Crippen LogP contribution in [0.25, 0.3) is 0 Å². The standard InChI is InChI=1S/C14H19ClN2O2/c1-13(2)12(14(13,3)4)16-8-9-5-6-10(15)11(7-9)17(18)19/h5-7,12,16H,8H2,1-4H3. The van der Waals surface area contributed by atoms with Crippen molar-refractivity contribution in [3.8, 4) is 0 Å². The van der Waals surface area contributed by atoms with Crippen molar-refractivity contribution < 1.29 is 4.92 Å². The molecule has 0 amide bonds. The summed E-state index contributed by atoms with van der Waals surface area (Å²) in [5.41, 5.74) is 1.36. The summed E-state index contributed by atoms with van der Waals surface area (Å²) in [6, 6.07) is 5.37. The van der Waals surface area contributed by atoms with E-state index in [4.69, 9.17) is 11.6 Å². The number of nitro groups is 1. The molecule has 0 saturated heterocycles. The molecule has 0 unspecified atom stereocenters. The first kappa shape index (κ1) is 14.3. The minimum Gasteiger partial charge on any atom is -0.309 e. The minimum absolute atomic E-state index is 0.0321. The van der Waals surface area contributed by atoms with E-state index in [1.54, 1.807) is 6.07 Å². The van der Waals surface area contributed by atoms with Gasteiger partial charge in [-0.05, 0) is 22.5 Å². The lowest BCUT2D eigenvalue weighted by molar-refractivity contribution is -0.384. The predicted octanol–water partition coefficient (Wildman–Crippen LogP) is 3.77. The molecule has 1 saturated carbocycles. The lowest BCUT2D eigenvalue weighted by Gasteiger charge is -2.07. The van der Waals surface area contributed by atoms with Gasteiger partial charge in [-0.25, -0.2) is 0 Å². The van der Waals surface area contributed by atoms with E-state index in [0.717, 1.165) is 5.56 Å². The first-order valence-corrected chi connectivity index (χ1v) is 6.72. The van der Waals surface area contributed by atoms with Gasteiger partial charge in [0.1, 0.15) is 5.02 Å². The van der Waals surface area contributed by atoms with Gasteiger partial charge in [0.15, 0.2) is 0 Å². The van der Waals surface area contributed by atoms with Crippen LogP contribution in [0.3, 0.4) is 0 Å². The van der Waals surface area contributed by atoms with Gasteiger partial charge in [0, 0.05) is 18.7 Å². The number of rotatable bonds is 4. The van der Waals surface area contributed by atoms with Crippen LogP contribution in [0, 0.1) is 20.9 Å². The molecule has 0 spiro atoms. The smallest absolute Gasteiger partial charge is 0.288 e. The Morgan fingerprint density at radius 2 is 1.89 bits per heavy atom. The summed E-state index contributed by atoms with van der Waals surface area (Å²) in [5.74, 6) is 0. The maximum Gasteiger partial charge on any atom is 0.288 e. The van der Waals surface area contributed by atoms with E-state index in [9.17, 15) is 10.1 Å². The van der Waals surface area contributed by atoms with E-state index < -0.39 is 4.92 Å². The van der Waals surface area contributed by atoms with E-state index in [1.807, 2.05) is 6.07 Å². The third kappa shape index (κ3) is 2.35. The molecule has 1 aliphatic carbocycles. The zero-order valence-corrected chi connectivity index (χ0v) is 12.4. The molecule has 1 aromatic rings. The van der Waals surface area contributed by atoms with Crippen molar-refractivity contribution in [1.29, 1.82) is 0 Å². The van der Waals surface area contributed by atoms with Crippen molar-refractivity contribution in [2.45, 2.75) is 40.3 Å². The van der Waals surface area contributed by atoms with Crippen LogP contribution in [0.5, 0.6) is 0 Å². The third-order valence-electron chi connectivity index (χ3n) is 4.74. The summed E-state index contributed by atoms with van der Waals surface area (Å²) in [4.78, 5) is 10.4. The zero-order valence-electron chi connectivity index (χ0n) is 11.7. The van der Waals surface area contributed by atoms with Crippen molar-refractivity contribution in [3.63, 3.8) is 0 Å². The average Bonchev–Trinajstić information content (AvgIpc) is 2.68. The molecular weight excluding hydrogens is 264 g/mol. The van der Waals surface area contributed by atoms with Gasteiger partial charge >= 0.3 is 0 Å². The molecule has 0 atom stereocenters. The Kier molecular flexibility index (Phi) is 3.35. The van der Waals surface area contributed by atoms with Gasteiger partial charge < -0.3 is 5.32 Å². The summed E-state index contributed by atoms with van der Waals surface area (Å²) < 4.78 is 0. The monoisotopic (exact) mass is 282 g/mol. The molecule has 1 fully saturated rings. The molecule has 2 rings (SSSR count). The molecular formula is C14H19ClN2O2. The van der Waals surface area contributed by atoms with Crippen LogP contribution in [0.4, 0.5) is 5.69 Å². The molecule has 19 heavy (non-hydrogen) atoms. The fourth-order valence-corrected chi connectivity index (χ4v) is 2.92. The lowest BCUT2D eigenvalue weighted by atomic mass is 10.0. The Balaban J connectivity index is 2.06. The normalized spacial score (nSPS) is 20.3. The molecule has 1 N–H and O–H groups in total. The Labute approximate surface area is 118 Å². The van der Waals surface area contributed by atoms with Crippen LogP contribution in [0.2, 0.25) is 5.02 Å². The number of nitro benzene ring substituents is 1. The van der Waals surface area contributed by atoms with E-state index >= 15 is 0 Å². The molecule has 5 heteroatoms. The summed E-state index contributed by atoms with van der Waals surface area (Å²) in [6.45, 7) is 9.55. The van der Waals surface area contributed by atoms with Gasteiger partial charge in [0.05, 0.1) is 4.92 Å². The quantitative estimate of drug-likeness (QED) is 0.675. The Bertz CT molecular complexity index is 512. The van der Waals surface area contributed by atoms with Crippen molar-refractivity contribution >= 4 is 17.3 Å². The summed E-state index contributed by atoms with van der Waals surface area (Å²) in [5, 5.41) is 14.5. The second kappa shape index (κ2) is 4.46. The highest BCUT2D eigenvalue weighted by Gasteiger charge is 2.64. The Morgan fingerprint density at radius 1 is 1.32 bits per heavy atom. The first-order chi connectivity index (χ1) is 8.68. The Morgan fingerprint density at radius 3 is 2.37 bits per heavy atom. The minimum atomic E-state index is -0.448. The first-order valence-electron chi connectivity index (χ1n) is 6.34. The maximum absolute atomic E-state index is 10.8. The van der Waals surface area contributed by atoms with Gasteiger partial charge in [0.25, 0.3) is 5.69 Å². The SMILES string of the molecule is CC1(C)C(NCc2ccc(Cl)c([N+](=O)[O-])c2)C1(C)C. The van der Waals surface area contributed by atoms with Gasteiger partial charge in [-0.15, -0.1) is 0 Å². The van der Waals surface area contributed by atoms with E-state index in [-0.39, 0.29) is 21.5 Å². The number of hydrogen-bond acceptors (Lipinski definition) is 3. The van der Waals surface area contributed by atoms with Crippen molar-refractivity contribution in [2.75, 3.05) is 0 Å². The van der Waals surface area contributed by atoms with Crippen LogP contribution in [0.1, 0.15) is 33.3 Å². The van der Waals surface area contributed by atoms with Crippen LogP contribution in [0.15, 0.2) is 18.2 Å². The van der Waals surface area contributed by atoms with E-state index in [1.165, 1.54) is 6.07 Å². The van der Waals surface area contributed by atoms with Crippen LogP contribution in [-0.4, -0.2) is 11.0 Å². The zero-order chi connectivity index (χ0) is 14.4. The van der Waals surface area contributed by atoms with Crippen molar-refractivity contribution in [3.05, 3.63) is 38.9 Å². The van der Waals surface area contributed by atoms with E-state index in [0.29, 0.717) is 12.6 Å². The molecule has 4 nitrogen and oxygen atoms in total. The molecule has 0 aromatic heterocycles. The van der Waals surface area contributed by atoms with Crippen LogP contribution in [-0.2, 0) is 6.54 Å². The van der Waals surface area contributed by atoms with Crippen LogP contribution >= 0.6 is 11.6 Å². The summed E-state index contributed by atoms with van der Waals surface area (Å²) >= 11 is 5.79. The highest BCUT2D eigenvalue weighted by atomic mass is 35.5. The Hall–Kier alpha value is -1.13. The van der Waals surface area contributed by atoms with E-state index in [2.05, 4.69) is 33.0 Å². The third-order valence-corrected chi connectivity index (χ3v) is 5.06. The fraction of sp³-hybridized carbons (Fsp3) is 0.571. The summed E-state index contributed by atoms with van der Waals surface area (Å²) in [6.07, 6.45) is 0. The fourth-order valence-electron chi connectivity index (χ4n) is 2.73. The highest BCUT2D eigenvalue weighted by Crippen LogP contribution is 2.62. The highest BCUT2D eigenvalue weighted by molar-refractivity contribution is 6.32. The topological polar surface area (TPSA) is 55.2 Å². The molecule has 0 aliphatic heterocycles. The number of nitrogens with zero attached hydrogens (tertiary/aromatic N) is 1. The van der Waals surface area contributed by atoms with Crippen LogP contribution < -0.4 is 5.32 Å².